The van der Waals surface area contributed by atoms with E-state index in [1.807, 2.05) is 23.9 Å². The lowest BCUT2D eigenvalue weighted by Gasteiger charge is -2.03. The van der Waals surface area contributed by atoms with Crippen molar-refractivity contribution in [2.45, 2.75) is 26.3 Å². The molecule has 1 N–H and O–H groups in total. The van der Waals surface area contributed by atoms with E-state index in [-0.39, 0.29) is 0 Å². The molecular formula is C14H16N2O. The van der Waals surface area contributed by atoms with Crippen LogP contribution in [0.2, 0.25) is 0 Å². The maximum Gasteiger partial charge on any atom is 0.116 e. The summed E-state index contributed by atoms with van der Waals surface area (Å²) in [5.74, 6) is 1.13. The van der Waals surface area contributed by atoms with Gasteiger partial charge in [0.15, 0.2) is 0 Å². The Balaban J connectivity index is 1.91. The zero-order chi connectivity index (χ0) is 11.8. The Hall–Kier alpha value is -1.77. The Morgan fingerprint density at radius 2 is 2.24 bits per heavy atom. The van der Waals surface area contributed by atoms with Crippen molar-refractivity contribution in [1.29, 1.82) is 0 Å². The minimum atomic E-state index is 0.306. The fourth-order valence-electron chi connectivity index (χ4n) is 2.09. The number of aromatic hydroxyl groups is 1. The van der Waals surface area contributed by atoms with Gasteiger partial charge in [-0.2, -0.15) is 5.10 Å². The van der Waals surface area contributed by atoms with Crippen molar-refractivity contribution in [3.05, 3.63) is 36.2 Å². The van der Waals surface area contributed by atoms with Crippen molar-refractivity contribution in [3.63, 3.8) is 0 Å². The highest BCUT2D eigenvalue weighted by molar-refractivity contribution is 5.67. The fraction of sp³-hybridized carbons (Fsp3) is 0.357. The number of benzene rings is 1. The van der Waals surface area contributed by atoms with E-state index in [2.05, 4.69) is 11.3 Å². The molecule has 1 aromatic carbocycles. The van der Waals surface area contributed by atoms with Crippen molar-refractivity contribution in [2.24, 2.45) is 5.92 Å². The monoisotopic (exact) mass is 228 g/mol. The average molecular weight is 228 g/mol. The molecule has 0 amide bonds. The van der Waals surface area contributed by atoms with Gasteiger partial charge in [0.2, 0.25) is 0 Å². The molecule has 0 radical (unpaired) electrons. The molecule has 1 heterocycles. The molecule has 3 nitrogen and oxygen atoms in total. The first kappa shape index (κ1) is 10.4. The van der Waals surface area contributed by atoms with Gasteiger partial charge in [-0.3, -0.25) is 4.68 Å². The van der Waals surface area contributed by atoms with Gasteiger partial charge in [0, 0.05) is 18.3 Å². The van der Waals surface area contributed by atoms with Gasteiger partial charge in [-0.25, -0.2) is 0 Å². The van der Waals surface area contributed by atoms with Crippen LogP contribution in [0, 0.1) is 12.8 Å². The summed E-state index contributed by atoms with van der Waals surface area (Å²) in [5.41, 5.74) is 3.31. The molecule has 0 aliphatic heterocycles. The summed E-state index contributed by atoms with van der Waals surface area (Å²) in [6, 6.07) is 5.45. The summed E-state index contributed by atoms with van der Waals surface area (Å²) in [4.78, 5) is 0. The molecule has 88 valence electrons. The molecule has 0 spiro atoms. The van der Waals surface area contributed by atoms with E-state index in [0.717, 1.165) is 29.2 Å². The Bertz CT molecular complexity index is 541. The SMILES string of the molecule is Cc1ccc(O)cc1-c1cnn(CC2CC2)c1. The third kappa shape index (κ3) is 2.18. The molecule has 1 fully saturated rings. The van der Waals surface area contributed by atoms with Crippen LogP contribution in [0.1, 0.15) is 18.4 Å². The minimum absolute atomic E-state index is 0.306. The van der Waals surface area contributed by atoms with E-state index in [0.29, 0.717) is 5.75 Å². The lowest BCUT2D eigenvalue weighted by molar-refractivity contribution is 0.475. The molecule has 17 heavy (non-hydrogen) atoms. The fourth-order valence-corrected chi connectivity index (χ4v) is 2.09. The molecule has 2 aromatic rings. The van der Waals surface area contributed by atoms with Crippen molar-refractivity contribution in [1.82, 2.24) is 9.78 Å². The van der Waals surface area contributed by atoms with Crippen molar-refractivity contribution in [2.75, 3.05) is 0 Å². The van der Waals surface area contributed by atoms with E-state index in [4.69, 9.17) is 0 Å². The van der Waals surface area contributed by atoms with Gasteiger partial charge in [0.1, 0.15) is 5.75 Å². The van der Waals surface area contributed by atoms with Crippen LogP contribution in [0.5, 0.6) is 5.75 Å². The van der Waals surface area contributed by atoms with Crippen LogP contribution in [0.25, 0.3) is 11.1 Å². The Morgan fingerprint density at radius 3 is 3.00 bits per heavy atom. The highest BCUT2D eigenvalue weighted by Crippen LogP contribution is 2.31. The van der Waals surface area contributed by atoms with Gasteiger partial charge in [-0.1, -0.05) is 6.07 Å². The first-order chi connectivity index (χ1) is 8.22. The van der Waals surface area contributed by atoms with Gasteiger partial charge in [0.05, 0.1) is 6.20 Å². The maximum atomic E-state index is 9.53. The van der Waals surface area contributed by atoms with Crippen molar-refractivity contribution >= 4 is 0 Å². The number of aromatic nitrogens is 2. The normalized spacial score (nSPS) is 15.1. The molecule has 1 saturated carbocycles. The third-order valence-corrected chi connectivity index (χ3v) is 3.31. The number of hydrogen-bond donors (Lipinski definition) is 1. The summed E-state index contributed by atoms with van der Waals surface area (Å²) >= 11 is 0. The van der Waals surface area contributed by atoms with Crippen LogP contribution in [-0.4, -0.2) is 14.9 Å². The largest absolute Gasteiger partial charge is 0.508 e. The molecule has 0 saturated heterocycles. The zero-order valence-electron chi connectivity index (χ0n) is 9.93. The number of hydrogen-bond acceptors (Lipinski definition) is 2. The second kappa shape index (κ2) is 3.91. The summed E-state index contributed by atoms with van der Waals surface area (Å²) in [6.07, 6.45) is 6.62. The molecule has 1 aliphatic carbocycles. The Labute approximate surface area is 101 Å². The lowest BCUT2D eigenvalue weighted by atomic mass is 10.0. The van der Waals surface area contributed by atoms with Gasteiger partial charge in [-0.05, 0) is 48.9 Å². The molecule has 1 aromatic heterocycles. The molecule has 3 rings (SSSR count). The van der Waals surface area contributed by atoms with Gasteiger partial charge >= 0.3 is 0 Å². The smallest absolute Gasteiger partial charge is 0.116 e. The first-order valence-electron chi connectivity index (χ1n) is 6.05. The summed E-state index contributed by atoms with van der Waals surface area (Å²) < 4.78 is 2.01. The van der Waals surface area contributed by atoms with E-state index in [9.17, 15) is 5.11 Å². The molecule has 1 aliphatic rings. The first-order valence-corrected chi connectivity index (χ1v) is 6.05. The minimum Gasteiger partial charge on any atom is -0.508 e. The van der Waals surface area contributed by atoms with E-state index < -0.39 is 0 Å². The second-order valence-corrected chi connectivity index (χ2v) is 4.89. The number of phenols is 1. The topological polar surface area (TPSA) is 38.1 Å². The van der Waals surface area contributed by atoms with Gasteiger partial charge in [0.25, 0.3) is 0 Å². The number of phenolic OH excluding ortho intramolecular Hbond substituents is 1. The predicted octanol–water partition coefficient (Wildman–Crippen LogP) is 2.97. The van der Waals surface area contributed by atoms with Crippen LogP contribution in [0.4, 0.5) is 0 Å². The molecule has 0 bridgehead atoms. The standard InChI is InChI=1S/C14H16N2O/c1-10-2-5-13(17)6-14(10)12-7-15-16(9-12)8-11-3-4-11/h2,5-7,9,11,17H,3-4,8H2,1H3. The molecule has 3 heteroatoms. The molecular weight excluding hydrogens is 212 g/mol. The number of aryl methyl sites for hydroxylation is 1. The average Bonchev–Trinajstić information content (AvgIpc) is 2.99. The van der Waals surface area contributed by atoms with Crippen LogP contribution >= 0.6 is 0 Å². The summed E-state index contributed by atoms with van der Waals surface area (Å²) in [6.45, 7) is 3.07. The highest BCUT2D eigenvalue weighted by atomic mass is 16.3. The van der Waals surface area contributed by atoms with Crippen molar-refractivity contribution < 1.29 is 5.11 Å². The van der Waals surface area contributed by atoms with E-state index >= 15 is 0 Å². The van der Waals surface area contributed by atoms with E-state index in [1.54, 1.807) is 12.1 Å². The highest BCUT2D eigenvalue weighted by Gasteiger charge is 2.22. The predicted molar refractivity (Wildman–Crippen MR) is 66.8 cm³/mol. The quantitative estimate of drug-likeness (QED) is 0.877. The maximum absolute atomic E-state index is 9.53. The van der Waals surface area contributed by atoms with E-state index in [1.165, 1.54) is 12.8 Å². The second-order valence-electron chi connectivity index (χ2n) is 4.89. The molecule has 0 unspecified atom stereocenters. The summed E-state index contributed by atoms with van der Waals surface area (Å²) in [5, 5.41) is 13.9. The van der Waals surface area contributed by atoms with Gasteiger partial charge in [-0.15, -0.1) is 0 Å². The molecule has 0 atom stereocenters. The van der Waals surface area contributed by atoms with Crippen molar-refractivity contribution in [3.8, 4) is 16.9 Å². The third-order valence-electron chi connectivity index (χ3n) is 3.31. The van der Waals surface area contributed by atoms with Crippen LogP contribution in [0.15, 0.2) is 30.6 Å². The van der Waals surface area contributed by atoms with Gasteiger partial charge < -0.3 is 5.11 Å². The zero-order valence-corrected chi connectivity index (χ0v) is 9.93. The number of nitrogens with zero attached hydrogens (tertiary/aromatic N) is 2. The number of rotatable bonds is 3. The lowest BCUT2D eigenvalue weighted by Crippen LogP contribution is -1.99. The Kier molecular flexibility index (Phi) is 2.39. The van der Waals surface area contributed by atoms with Crippen LogP contribution in [-0.2, 0) is 6.54 Å². The Morgan fingerprint density at radius 1 is 1.41 bits per heavy atom. The van der Waals surface area contributed by atoms with Crippen LogP contribution < -0.4 is 0 Å². The van der Waals surface area contributed by atoms with Crippen LogP contribution in [0.3, 0.4) is 0 Å². The summed E-state index contributed by atoms with van der Waals surface area (Å²) in [7, 11) is 0.